The molecular formula is C20H27NO4S. The smallest absolute Gasteiger partial charge is 0.246 e. The molecule has 0 unspecified atom stereocenters. The highest BCUT2D eigenvalue weighted by molar-refractivity contribution is 7.10. The molecule has 26 heavy (non-hydrogen) atoms. The van der Waals surface area contributed by atoms with Crippen molar-refractivity contribution in [2.24, 2.45) is 17.3 Å². The molecule has 0 spiro atoms. The zero-order valence-corrected chi connectivity index (χ0v) is 15.9. The number of ether oxygens (including phenoxy) is 3. The predicted octanol–water partition coefficient (Wildman–Crippen LogP) is 2.68. The lowest BCUT2D eigenvalue weighted by molar-refractivity contribution is -0.126. The molecule has 6 heteroatoms. The van der Waals surface area contributed by atoms with Gasteiger partial charge in [-0.1, -0.05) is 6.07 Å². The minimum Gasteiger partial charge on any atom is -0.381 e. The first-order valence-corrected chi connectivity index (χ1v) is 10.4. The van der Waals surface area contributed by atoms with Gasteiger partial charge in [-0.05, 0) is 36.3 Å². The Balaban J connectivity index is 1.31. The molecule has 1 aromatic rings. The Morgan fingerprint density at radius 3 is 3.08 bits per heavy atom. The van der Waals surface area contributed by atoms with Crippen molar-refractivity contribution >= 4 is 23.3 Å². The average molecular weight is 378 g/mol. The van der Waals surface area contributed by atoms with Crippen molar-refractivity contribution in [1.82, 2.24) is 4.90 Å². The lowest BCUT2D eigenvalue weighted by Crippen LogP contribution is -2.37. The third-order valence-electron chi connectivity index (χ3n) is 5.85. The fourth-order valence-electron chi connectivity index (χ4n) is 4.19. The van der Waals surface area contributed by atoms with E-state index in [0.717, 1.165) is 57.2 Å². The number of carbonyl (C=O) groups is 1. The van der Waals surface area contributed by atoms with Gasteiger partial charge in [0.25, 0.3) is 0 Å². The highest BCUT2D eigenvalue weighted by Crippen LogP contribution is 2.41. The second-order valence-corrected chi connectivity index (χ2v) is 8.69. The van der Waals surface area contributed by atoms with Crippen molar-refractivity contribution in [1.29, 1.82) is 0 Å². The van der Waals surface area contributed by atoms with Crippen LogP contribution < -0.4 is 0 Å². The maximum Gasteiger partial charge on any atom is 0.246 e. The number of rotatable bonds is 6. The Labute approximate surface area is 158 Å². The summed E-state index contributed by atoms with van der Waals surface area (Å²) in [6, 6.07) is 4.02. The van der Waals surface area contributed by atoms with Crippen LogP contribution in [0, 0.1) is 17.3 Å². The molecule has 4 heterocycles. The topological polar surface area (TPSA) is 48.0 Å². The van der Waals surface area contributed by atoms with E-state index in [1.54, 1.807) is 17.4 Å². The van der Waals surface area contributed by atoms with Crippen LogP contribution in [0.1, 0.15) is 17.7 Å². The van der Waals surface area contributed by atoms with Gasteiger partial charge in [0.05, 0.1) is 19.8 Å². The zero-order valence-electron chi connectivity index (χ0n) is 15.1. The van der Waals surface area contributed by atoms with Gasteiger partial charge in [-0.15, -0.1) is 11.3 Å². The number of hydrogen-bond acceptors (Lipinski definition) is 5. The van der Waals surface area contributed by atoms with E-state index in [1.165, 1.54) is 0 Å². The highest BCUT2D eigenvalue weighted by Gasteiger charge is 2.51. The molecule has 0 radical (unpaired) electrons. The summed E-state index contributed by atoms with van der Waals surface area (Å²) in [7, 11) is 0. The van der Waals surface area contributed by atoms with Crippen molar-refractivity contribution in [3.05, 3.63) is 28.5 Å². The van der Waals surface area contributed by atoms with Crippen LogP contribution in [-0.4, -0.2) is 63.5 Å². The maximum absolute atomic E-state index is 12.6. The van der Waals surface area contributed by atoms with Gasteiger partial charge in [-0.25, -0.2) is 0 Å². The minimum absolute atomic E-state index is 0.0302. The average Bonchev–Trinajstić information content (AvgIpc) is 3.36. The summed E-state index contributed by atoms with van der Waals surface area (Å²) in [5.74, 6) is 1.08. The second-order valence-electron chi connectivity index (χ2n) is 7.71. The monoisotopic (exact) mass is 377 g/mol. The quantitative estimate of drug-likeness (QED) is 0.715. The minimum atomic E-state index is -0.0302. The number of carbonyl (C=O) groups excluding carboxylic acids is 1. The van der Waals surface area contributed by atoms with E-state index >= 15 is 0 Å². The van der Waals surface area contributed by atoms with Crippen molar-refractivity contribution in [2.75, 3.05) is 52.7 Å². The Kier molecular flexibility index (Phi) is 5.74. The van der Waals surface area contributed by atoms with Crippen LogP contribution in [0.3, 0.4) is 0 Å². The largest absolute Gasteiger partial charge is 0.381 e. The molecule has 5 nitrogen and oxygen atoms in total. The summed E-state index contributed by atoms with van der Waals surface area (Å²) in [6.45, 7) is 6.13. The molecular weight excluding hydrogens is 350 g/mol. The molecule has 142 valence electrons. The number of thiophene rings is 1. The number of likely N-dealkylation sites (tertiary alicyclic amines) is 1. The third-order valence-corrected chi connectivity index (χ3v) is 6.69. The van der Waals surface area contributed by atoms with Gasteiger partial charge >= 0.3 is 0 Å². The molecule has 3 aliphatic heterocycles. The van der Waals surface area contributed by atoms with Crippen molar-refractivity contribution in [3.63, 3.8) is 0 Å². The molecule has 1 aromatic heterocycles. The van der Waals surface area contributed by atoms with Gasteiger partial charge in [0.15, 0.2) is 0 Å². The van der Waals surface area contributed by atoms with E-state index in [9.17, 15) is 4.79 Å². The molecule has 2 atom stereocenters. The van der Waals surface area contributed by atoms with Crippen LogP contribution in [0.2, 0.25) is 0 Å². The first-order chi connectivity index (χ1) is 12.8. The SMILES string of the molecule is O=C(/C=C/c1cccs1)N1C[C@@H]2COC[C@]2(COCC2CCOCC2)C1. The highest BCUT2D eigenvalue weighted by atomic mass is 32.1. The lowest BCUT2D eigenvalue weighted by atomic mass is 9.82. The molecule has 3 aliphatic rings. The Hall–Kier alpha value is -1.21. The Morgan fingerprint density at radius 2 is 2.27 bits per heavy atom. The molecule has 4 rings (SSSR count). The Bertz CT molecular complexity index is 626. The second kappa shape index (κ2) is 8.21. The Morgan fingerprint density at radius 1 is 1.38 bits per heavy atom. The van der Waals surface area contributed by atoms with Crippen molar-refractivity contribution in [2.45, 2.75) is 12.8 Å². The van der Waals surface area contributed by atoms with Gasteiger partial charge in [0, 0.05) is 55.2 Å². The van der Waals surface area contributed by atoms with Gasteiger partial charge in [-0.3, -0.25) is 4.79 Å². The van der Waals surface area contributed by atoms with E-state index in [4.69, 9.17) is 14.2 Å². The third kappa shape index (κ3) is 4.03. The summed E-state index contributed by atoms with van der Waals surface area (Å²) in [4.78, 5) is 15.7. The fraction of sp³-hybridized carbons (Fsp3) is 0.650. The van der Waals surface area contributed by atoms with Crippen LogP contribution in [0.15, 0.2) is 23.6 Å². The van der Waals surface area contributed by atoms with E-state index in [1.807, 2.05) is 28.5 Å². The van der Waals surface area contributed by atoms with E-state index in [2.05, 4.69) is 0 Å². The van der Waals surface area contributed by atoms with Gasteiger partial charge in [0.2, 0.25) is 5.91 Å². The van der Waals surface area contributed by atoms with Crippen molar-refractivity contribution < 1.29 is 19.0 Å². The predicted molar refractivity (Wildman–Crippen MR) is 101 cm³/mol. The molecule has 0 aliphatic carbocycles. The summed E-state index contributed by atoms with van der Waals surface area (Å²) in [5.41, 5.74) is -0.0302. The summed E-state index contributed by atoms with van der Waals surface area (Å²) in [5, 5.41) is 2.02. The van der Waals surface area contributed by atoms with Crippen LogP contribution >= 0.6 is 11.3 Å². The maximum atomic E-state index is 12.6. The molecule has 3 fully saturated rings. The number of fused-ring (bicyclic) bond motifs is 1. The van der Waals surface area contributed by atoms with Crippen molar-refractivity contribution in [3.8, 4) is 0 Å². The standard InChI is InChI=1S/C20H27NO4S/c22-19(4-3-18-2-1-9-26-18)21-10-17-12-25-15-20(17,13-21)14-24-11-16-5-7-23-8-6-16/h1-4,9,16-17H,5-8,10-15H2/b4-3+/t17-,20-/m1/s1. The zero-order chi connectivity index (χ0) is 17.8. The summed E-state index contributed by atoms with van der Waals surface area (Å²) < 4.78 is 17.3. The lowest BCUT2D eigenvalue weighted by Gasteiger charge is -2.28. The fourth-order valence-corrected chi connectivity index (χ4v) is 4.81. The normalized spacial score (nSPS) is 29.5. The molecule has 1 amide bonds. The van der Waals surface area contributed by atoms with E-state index in [-0.39, 0.29) is 11.3 Å². The van der Waals surface area contributed by atoms with Gasteiger partial charge in [0.1, 0.15) is 0 Å². The van der Waals surface area contributed by atoms with Gasteiger partial charge in [-0.2, -0.15) is 0 Å². The molecule has 0 saturated carbocycles. The molecule has 0 N–H and O–H groups in total. The van der Waals surface area contributed by atoms with E-state index in [0.29, 0.717) is 25.0 Å². The number of amides is 1. The van der Waals surface area contributed by atoms with E-state index < -0.39 is 0 Å². The molecule has 3 saturated heterocycles. The first-order valence-electron chi connectivity index (χ1n) is 9.49. The van der Waals surface area contributed by atoms with Crippen LogP contribution in [-0.2, 0) is 19.0 Å². The summed E-state index contributed by atoms with van der Waals surface area (Å²) >= 11 is 1.64. The summed E-state index contributed by atoms with van der Waals surface area (Å²) in [6.07, 6.45) is 5.78. The molecule has 0 bridgehead atoms. The van der Waals surface area contributed by atoms with Gasteiger partial charge < -0.3 is 19.1 Å². The molecule has 0 aromatic carbocycles. The van der Waals surface area contributed by atoms with Crippen LogP contribution in [0.25, 0.3) is 6.08 Å². The number of hydrogen-bond donors (Lipinski definition) is 0. The van der Waals surface area contributed by atoms with Crippen LogP contribution in [0.4, 0.5) is 0 Å². The number of nitrogens with zero attached hydrogens (tertiary/aromatic N) is 1. The van der Waals surface area contributed by atoms with Crippen LogP contribution in [0.5, 0.6) is 0 Å². The first kappa shape index (κ1) is 18.2.